The molecule has 1 unspecified atom stereocenters. The van der Waals surface area contributed by atoms with Crippen LogP contribution in [-0.4, -0.2) is 60.9 Å². The van der Waals surface area contributed by atoms with Crippen molar-refractivity contribution in [3.05, 3.63) is 34.9 Å². The number of hydrogen-bond donors (Lipinski definition) is 2. The van der Waals surface area contributed by atoms with Crippen molar-refractivity contribution in [1.29, 1.82) is 0 Å². The second-order valence-electron chi connectivity index (χ2n) is 8.05. The average molecular weight is 396 g/mol. The van der Waals surface area contributed by atoms with Crippen LogP contribution < -0.4 is 10.7 Å². The normalized spacial score (nSPS) is 21.4. The second-order valence-corrected chi connectivity index (χ2v) is 8.05. The molecule has 1 fully saturated rings. The Morgan fingerprint density at radius 2 is 2.03 bits per heavy atom. The van der Waals surface area contributed by atoms with Crippen LogP contribution in [-0.2, 0) is 4.79 Å². The molecule has 2 amide bonds. The van der Waals surface area contributed by atoms with E-state index < -0.39 is 0 Å². The summed E-state index contributed by atoms with van der Waals surface area (Å²) in [6.45, 7) is 5.19. The summed E-state index contributed by atoms with van der Waals surface area (Å²) in [5, 5.41) is 7.37. The maximum Gasteiger partial charge on any atom is 0.252 e. The number of benzene rings is 1. The number of amides is 2. The van der Waals surface area contributed by atoms with Crippen molar-refractivity contribution in [2.45, 2.75) is 39.0 Å². The molecule has 0 spiro atoms. The summed E-state index contributed by atoms with van der Waals surface area (Å²) in [6, 6.07) is 5.66. The number of aryl methyl sites for hydroxylation is 1. The average Bonchev–Trinajstić information content (AvgIpc) is 2.77. The minimum absolute atomic E-state index is 0.0133. The number of carbonyl (C=O) groups excluding carboxylic acids is 2. The third-order valence-electron chi connectivity index (χ3n) is 6.01. The van der Waals surface area contributed by atoms with Gasteiger partial charge in [0.25, 0.3) is 5.91 Å². The molecule has 0 aromatic heterocycles. The van der Waals surface area contributed by atoms with Gasteiger partial charge in [-0.2, -0.15) is 5.10 Å². The van der Waals surface area contributed by atoms with Gasteiger partial charge in [0.15, 0.2) is 0 Å². The van der Waals surface area contributed by atoms with Crippen LogP contribution in [0.1, 0.15) is 53.6 Å². The van der Waals surface area contributed by atoms with Crippen LogP contribution in [0.2, 0.25) is 0 Å². The third-order valence-corrected chi connectivity index (χ3v) is 6.01. The Kier molecular flexibility index (Phi) is 5.92. The first kappa shape index (κ1) is 19.6. The van der Waals surface area contributed by atoms with Gasteiger partial charge in [0.1, 0.15) is 5.71 Å². The van der Waals surface area contributed by atoms with Gasteiger partial charge < -0.3 is 15.6 Å². The monoisotopic (exact) mass is 395 g/mol. The minimum atomic E-state index is -0.240. The Hall–Kier alpha value is -2.70. The molecule has 1 aromatic carbocycles. The largest absolute Gasteiger partial charge is 0.343 e. The van der Waals surface area contributed by atoms with E-state index in [-0.39, 0.29) is 18.4 Å². The number of carbonyl (C=O) groups is 2. The predicted octanol–water partition coefficient (Wildman–Crippen LogP) is 1.90. The Labute approximate surface area is 171 Å². The van der Waals surface area contributed by atoms with Crippen molar-refractivity contribution in [3.63, 3.8) is 0 Å². The van der Waals surface area contributed by atoms with Gasteiger partial charge in [0.05, 0.1) is 12.3 Å². The maximum absolute atomic E-state index is 13.0. The first-order chi connectivity index (χ1) is 14.1. The quantitative estimate of drug-likeness (QED) is 0.816. The zero-order valence-corrected chi connectivity index (χ0v) is 17.0. The van der Waals surface area contributed by atoms with Gasteiger partial charge >= 0.3 is 0 Å². The molecule has 3 aliphatic rings. The molecule has 0 aliphatic carbocycles. The molecular formula is C22H29N5O2. The molecule has 154 valence electrons. The van der Waals surface area contributed by atoms with E-state index in [4.69, 9.17) is 4.99 Å². The number of fused-ring (bicyclic) bond motifs is 1. The van der Waals surface area contributed by atoms with Gasteiger partial charge in [-0.25, -0.2) is 0 Å². The lowest BCUT2D eigenvalue weighted by Gasteiger charge is -2.29. The van der Waals surface area contributed by atoms with Gasteiger partial charge in [-0.05, 0) is 50.7 Å². The summed E-state index contributed by atoms with van der Waals surface area (Å²) < 4.78 is 0. The number of aliphatic imine (C=N–C) groups is 1. The second kappa shape index (κ2) is 8.76. The molecule has 1 aromatic rings. The first-order valence-electron chi connectivity index (χ1n) is 10.7. The molecule has 29 heavy (non-hydrogen) atoms. The lowest BCUT2D eigenvalue weighted by Crippen LogP contribution is -2.43. The van der Waals surface area contributed by atoms with Crippen LogP contribution in [0, 0.1) is 12.8 Å². The van der Waals surface area contributed by atoms with Crippen molar-refractivity contribution in [2.24, 2.45) is 16.0 Å². The highest BCUT2D eigenvalue weighted by atomic mass is 16.2. The molecular weight excluding hydrogens is 366 g/mol. The first-order valence-corrected chi connectivity index (χ1v) is 10.7. The van der Waals surface area contributed by atoms with Crippen molar-refractivity contribution in [1.82, 2.24) is 15.6 Å². The van der Waals surface area contributed by atoms with E-state index in [1.165, 1.54) is 6.42 Å². The summed E-state index contributed by atoms with van der Waals surface area (Å²) in [5.41, 5.74) is 7.25. The van der Waals surface area contributed by atoms with Crippen LogP contribution >= 0.6 is 0 Å². The number of nitrogens with zero attached hydrogens (tertiary/aromatic N) is 3. The van der Waals surface area contributed by atoms with Gasteiger partial charge in [0.2, 0.25) is 5.91 Å². The van der Waals surface area contributed by atoms with Crippen LogP contribution in [0.25, 0.3) is 0 Å². The van der Waals surface area contributed by atoms with Crippen molar-refractivity contribution < 1.29 is 9.59 Å². The highest BCUT2D eigenvalue weighted by molar-refractivity contribution is 6.50. The lowest BCUT2D eigenvalue weighted by molar-refractivity contribution is -0.130. The number of hydrogen-bond acceptors (Lipinski definition) is 5. The summed E-state index contributed by atoms with van der Waals surface area (Å²) in [7, 11) is 0. The molecule has 2 N–H and O–H groups in total. The predicted molar refractivity (Wildman–Crippen MR) is 114 cm³/mol. The van der Waals surface area contributed by atoms with Crippen molar-refractivity contribution >= 4 is 23.2 Å². The topological polar surface area (TPSA) is 86.2 Å². The van der Waals surface area contributed by atoms with Crippen LogP contribution in [0.3, 0.4) is 0 Å². The van der Waals surface area contributed by atoms with E-state index in [0.29, 0.717) is 11.5 Å². The lowest BCUT2D eigenvalue weighted by atomic mass is 9.85. The van der Waals surface area contributed by atoms with Gasteiger partial charge in [-0.1, -0.05) is 12.1 Å². The molecule has 1 saturated heterocycles. The molecule has 0 radical (unpaired) electrons. The molecule has 3 aliphatic heterocycles. The van der Waals surface area contributed by atoms with Crippen molar-refractivity contribution in [2.75, 3.05) is 32.7 Å². The van der Waals surface area contributed by atoms with E-state index in [9.17, 15) is 9.59 Å². The van der Waals surface area contributed by atoms with Gasteiger partial charge in [-0.3, -0.25) is 14.6 Å². The van der Waals surface area contributed by atoms with Crippen LogP contribution in [0.15, 0.2) is 28.3 Å². The third kappa shape index (κ3) is 4.18. The fourth-order valence-electron chi connectivity index (χ4n) is 4.42. The highest BCUT2D eigenvalue weighted by Gasteiger charge is 2.31. The van der Waals surface area contributed by atoms with Crippen LogP contribution in [0.5, 0.6) is 0 Å². The standard InChI is InChI=1S/C22H29N5O2/c1-15-7-5-9-17(22(29)24-14-18(28)27-11-3-2-4-12-27)19(15)21-20-16(13-25-26-21)8-6-10-23-20/h5,7,9,16,25H,2-4,6,8,10-14H2,1H3,(H,24,29). The number of hydrazone groups is 1. The molecule has 3 heterocycles. The molecule has 4 rings (SSSR count). The SMILES string of the molecule is Cc1cccc(C(=O)NCC(=O)N2CCCCC2)c1C1=NNCC2CCCN=C12. The molecule has 1 atom stereocenters. The number of piperidine rings is 1. The van der Waals surface area contributed by atoms with E-state index in [0.717, 1.165) is 74.4 Å². The zero-order chi connectivity index (χ0) is 20.2. The Morgan fingerprint density at radius 3 is 2.86 bits per heavy atom. The summed E-state index contributed by atoms with van der Waals surface area (Å²) in [4.78, 5) is 32.0. The number of likely N-dealkylation sites (tertiary alicyclic amines) is 1. The summed E-state index contributed by atoms with van der Waals surface area (Å²) >= 11 is 0. The van der Waals surface area contributed by atoms with Crippen LogP contribution in [0.4, 0.5) is 0 Å². The smallest absolute Gasteiger partial charge is 0.252 e. The Bertz CT molecular complexity index is 855. The van der Waals surface area contributed by atoms with E-state index in [2.05, 4.69) is 15.8 Å². The van der Waals surface area contributed by atoms with Gasteiger partial charge in [-0.15, -0.1) is 0 Å². The van der Waals surface area contributed by atoms with E-state index in [1.807, 2.05) is 24.0 Å². The fraction of sp³-hybridized carbons (Fsp3) is 0.545. The molecule has 0 saturated carbocycles. The molecule has 7 nitrogen and oxygen atoms in total. The summed E-state index contributed by atoms with van der Waals surface area (Å²) in [5.74, 6) is 0.0865. The maximum atomic E-state index is 13.0. The highest BCUT2D eigenvalue weighted by Crippen LogP contribution is 2.24. The zero-order valence-electron chi connectivity index (χ0n) is 17.0. The molecule has 7 heteroatoms. The summed E-state index contributed by atoms with van der Waals surface area (Å²) in [6.07, 6.45) is 5.42. The fourth-order valence-corrected chi connectivity index (χ4v) is 4.42. The van der Waals surface area contributed by atoms with E-state index >= 15 is 0 Å². The van der Waals surface area contributed by atoms with Crippen molar-refractivity contribution in [3.8, 4) is 0 Å². The van der Waals surface area contributed by atoms with Gasteiger partial charge in [0, 0.05) is 43.2 Å². The molecule has 0 bridgehead atoms. The minimum Gasteiger partial charge on any atom is -0.343 e. The Balaban J connectivity index is 1.54. The Morgan fingerprint density at radius 1 is 1.21 bits per heavy atom. The number of rotatable bonds is 4. The van der Waals surface area contributed by atoms with E-state index in [1.54, 1.807) is 6.07 Å². The number of nitrogens with one attached hydrogen (secondary N) is 2.